The molecule has 0 saturated heterocycles. The smallest absolute Gasteiger partial charge is 0.298 e. The SMILES string of the molecule is Cn1nc(C2CC2)c(C=O)c1Cl.O=P(Cl)(Cl)Cl. The first-order valence-corrected chi connectivity index (χ1v) is 9.40. The third-order valence-corrected chi connectivity index (χ3v) is 2.57. The second-order valence-electron chi connectivity index (χ2n) is 3.50. The van der Waals surface area contributed by atoms with Crippen LogP contribution in [-0.4, -0.2) is 16.1 Å². The summed E-state index contributed by atoms with van der Waals surface area (Å²) in [5, 5.41) is 1.43. The van der Waals surface area contributed by atoms with Gasteiger partial charge in [0.15, 0.2) is 6.29 Å². The number of hydrogen-bond acceptors (Lipinski definition) is 3. The molecule has 17 heavy (non-hydrogen) atoms. The molecule has 0 aliphatic heterocycles. The van der Waals surface area contributed by atoms with E-state index in [2.05, 4.69) is 38.8 Å². The molecule has 0 radical (unpaired) electrons. The van der Waals surface area contributed by atoms with Crippen molar-refractivity contribution in [3.05, 3.63) is 16.4 Å². The maximum Gasteiger partial charge on any atom is 0.339 e. The highest BCUT2D eigenvalue weighted by Crippen LogP contribution is 2.61. The summed E-state index contributed by atoms with van der Waals surface area (Å²) < 4.78 is 11.1. The van der Waals surface area contributed by atoms with Crippen molar-refractivity contribution >= 4 is 56.8 Å². The van der Waals surface area contributed by atoms with Gasteiger partial charge in [0, 0.05) is 13.0 Å². The van der Waals surface area contributed by atoms with E-state index < -0.39 is 5.20 Å². The molecule has 0 aromatic carbocycles. The summed E-state index contributed by atoms with van der Waals surface area (Å²) in [7, 11) is 1.75. The Balaban J connectivity index is 0.000000249. The summed E-state index contributed by atoms with van der Waals surface area (Å²) in [6, 6.07) is 0. The molecule has 4 nitrogen and oxygen atoms in total. The number of carbonyl (C=O) groups excluding carboxylic acids is 1. The van der Waals surface area contributed by atoms with Crippen molar-refractivity contribution in [2.45, 2.75) is 18.8 Å². The van der Waals surface area contributed by atoms with Gasteiger partial charge in [-0.2, -0.15) is 5.10 Å². The standard InChI is InChI=1S/C8H9ClN2O.Cl3OP/c1-11-8(9)6(4-12)7(10-11)5-2-3-5;1-5(2,3)4/h4-5H,2-3H2,1H3;. The molecule has 1 fully saturated rings. The number of rotatable bonds is 2. The van der Waals surface area contributed by atoms with E-state index in [1.54, 1.807) is 11.7 Å². The number of aryl methyl sites for hydroxylation is 1. The number of halogens is 4. The van der Waals surface area contributed by atoms with Crippen LogP contribution in [0.5, 0.6) is 0 Å². The molecular weight excluding hydrogens is 329 g/mol. The fraction of sp³-hybridized carbons (Fsp3) is 0.500. The lowest BCUT2D eigenvalue weighted by Gasteiger charge is -1.88. The molecule has 1 aliphatic rings. The van der Waals surface area contributed by atoms with Gasteiger partial charge in [-0.15, -0.1) is 0 Å². The van der Waals surface area contributed by atoms with Crippen molar-refractivity contribution < 1.29 is 9.36 Å². The van der Waals surface area contributed by atoms with Gasteiger partial charge in [0.2, 0.25) is 0 Å². The van der Waals surface area contributed by atoms with Gasteiger partial charge in [0.1, 0.15) is 5.15 Å². The van der Waals surface area contributed by atoms with E-state index in [-0.39, 0.29) is 0 Å². The zero-order valence-corrected chi connectivity index (χ0v) is 12.7. The molecular formula is C8H9Cl4N2O2P. The van der Waals surface area contributed by atoms with E-state index >= 15 is 0 Å². The van der Waals surface area contributed by atoms with Crippen molar-refractivity contribution in [1.82, 2.24) is 9.78 Å². The lowest BCUT2D eigenvalue weighted by Crippen LogP contribution is -1.90. The Morgan fingerprint density at radius 3 is 2.24 bits per heavy atom. The highest BCUT2D eigenvalue weighted by molar-refractivity contribution is 8.24. The molecule has 0 bridgehead atoms. The van der Waals surface area contributed by atoms with E-state index in [0.29, 0.717) is 16.6 Å². The zero-order valence-electron chi connectivity index (χ0n) is 8.74. The minimum atomic E-state index is -3.22. The number of hydrogen-bond donors (Lipinski definition) is 0. The Morgan fingerprint density at radius 1 is 1.41 bits per heavy atom. The number of carbonyl (C=O) groups is 1. The molecule has 1 aromatic heterocycles. The Morgan fingerprint density at radius 2 is 1.88 bits per heavy atom. The van der Waals surface area contributed by atoms with E-state index in [9.17, 15) is 9.36 Å². The fourth-order valence-corrected chi connectivity index (χ4v) is 1.49. The quantitative estimate of drug-likeness (QED) is 0.586. The highest BCUT2D eigenvalue weighted by atomic mass is 36.0. The molecule has 0 amide bonds. The normalized spacial score (nSPS) is 15.1. The summed E-state index contributed by atoms with van der Waals surface area (Å²) in [5.41, 5.74) is 1.44. The third kappa shape index (κ3) is 5.19. The number of aldehydes is 1. The summed E-state index contributed by atoms with van der Waals surface area (Å²) in [6.45, 7) is 0. The second-order valence-corrected chi connectivity index (χ2v) is 10.5. The van der Waals surface area contributed by atoms with Gasteiger partial charge in [-0.05, 0) is 46.6 Å². The van der Waals surface area contributed by atoms with Crippen LogP contribution in [0.1, 0.15) is 34.8 Å². The molecule has 2 rings (SSSR count). The highest BCUT2D eigenvalue weighted by Gasteiger charge is 2.30. The summed E-state index contributed by atoms with van der Waals surface area (Å²) in [4.78, 5) is 10.7. The van der Waals surface area contributed by atoms with Gasteiger partial charge in [-0.25, -0.2) is 0 Å². The molecule has 0 N–H and O–H groups in total. The predicted octanol–water partition coefficient (Wildman–Crippen LogP) is 4.57. The molecule has 1 heterocycles. The van der Waals surface area contributed by atoms with Crippen LogP contribution in [0.2, 0.25) is 5.15 Å². The van der Waals surface area contributed by atoms with Gasteiger partial charge in [0.05, 0.1) is 11.3 Å². The van der Waals surface area contributed by atoms with Crippen molar-refractivity contribution in [3.63, 3.8) is 0 Å². The van der Waals surface area contributed by atoms with E-state index in [0.717, 1.165) is 24.8 Å². The van der Waals surface area contributed by atoms with Gasteiger partial charge in [0.25, 0.3) is 0 Å². The molecule has 0 spiro atoms. The zero-order chi connectivity index (χ0) is 13.2. The first-order valence-electron chi connectivity index (χ1n) is 4.60. The van der Waals surface area contributed by atoms with Gasteiger partial charge in [-0.1, -0.05) is 11.6 Å². The molecule has 1 aliphatic carbocycles. The summed E-state index contributed by atoms with van der Waals surface area (Å²) >= 11 is 19.7. The molecule has 0 atom stereocenters. The minimum Gasteiger partial charge on any atom is -0.298 e. The average molecular weight is 338 g/mol. The van der Waals surface area contributed by atoms with E-state index in [4.69, 9.17) is 11.6 Å². The first-order chi connectivity index (χ1) is 7.74. The lowest BCUT2D eigenvalue weighted by molar-refractivity contribution is 0.112. The van der Waals surface area contributed by atoms with Gasteiger partial charge >= 0.3 is 5.20 Å². The van der Waals surface area contributed by atoms with Crippen LogP contribution in [0.3, 0.4) is 0 Å². The Labute approximate surface area is 118 Å². The van der Waals surface area contributed by atoms with Crippen LogP contribution in [-0.2, 0) is 11.6 Å². The van der Waals surface area contributed by atoms with Crippen molar-refractivity contribution in [2.24, 2.45) is 7.05 Å². The Hall–Kier alpha value is 0.270. The van der Waals surface area contributed by atoms with Crippen molar-refractivity contribution in [3.8, 4) is 0 Å². The molecule has 96 valence electrons. The maximum absolute atomic E-state index is 10.7. The van der Waals surface area contributed by atoms with Crippen molar-refractivity contribution in [1.29, 1.82) is 0 Å². The Bertz CT molecular complexity index is 458. The monoisotopic (exact) mass is 336 g/mol. The fourth-order valence-electron chi connectivity index (χ4n) is 1.31. The number of aromatic nitrogens is 2. The van der Waals surface area contributed by atoms with Gasteiger partial charge in [-0.3, -0.25) is 14.0 Å². The molecule has 1 saturated carbocycles. The van der Waals surface area contributed by atoms with Crippen LogP contribution in [0.15, 0.2) is 0 Å². The predicted molar refractivity (Wildman–Crippen MR) is 70.7 cm³/mol. The average Bonchev–Trinajstić information content (AvgIpc) is 2.93. The summed E-state index contributed by atoms with van der Waals surface area (Å²) in [5.74, 6) is 0.476. The van der Waals surface area contributed by atoms with Crippen LogP contribution >= 0.6 is 50.5 Å². The maximum atomic E-state index is 10.7. The van der Waals surface area contributed by atoms with E-state index in [1.165, 1.54) is 0 Å². The van der Waals surface area contributed by atoms with Crippen LogP contribution in [0.25, 0.3) is 0 Å². The van der Waals surface area contributed by atoms with Crippen LogP contribution < -0.4 is 0 Å². The second kappa shape index (κ2) is 5.94. The third-order valence-electron chi connectivity index (χ3n) is 2.12. The van der Waals surface area contributed by atoms with E-state index in [1.807, 2.05) is 0 Å². The van der Waals surface area contributed by atoms with Gasteiger partial charge < -0.3 is 0 Å². The first kappa shape index (κ1) is 15.3. The molecule has 1 aromatic rings. The lowest BCUT2D eigenvalue weighted by atomic mass is 10.2. The number of nitrogens with zero attached hydrogens (tertiary/aromatic N) is 2. The Kier molecular flexibility index (Phi) is 5.36. The van der Waals surface area contributed by atoms with Crippen LogP contribution in [0.4, 0.5) is 0 Å². The largest absolute Gasteiger partial charge is 0.339 e. The minimum absolute atomic E-state index is 0.451. The topological polar surface area (TPSA) is 52.0 Å². The molecule has 0 unspecified atom stereocenters. The van der Waals surface area contributed by atoms with Crippen LogP contribution in [0, 0.1) is 0 Å². The van der Waals surface area contributed by atoms with Crippen molar-refractivity contribution in [2.75, 3.05) is 0 Å². The molecule has 9 heteroatoms. The summed E-state index contributed by atoms with van der Waals surface area (Å²) in [6.07, 6.45) is 3.06.